The molecule has 1 saturated carbocycles. The number of nitrogens with zero attached hydrogens (tertiary/aromatic N) is 2. The van der Waals surface area contributed by atoms with Crippen LogP contribution in [-0.2, 0) is 6.42 Å². The molecule has 21 heavy (non-hydrogen) atoms. The van der Waals surface area contributed by atoms with Gasteiger partial charge in [0.15, 0.2) is 0 Å². The lowest BCUT2D eigenvalue weighted by Crippen LogP contribution is -2.49. The maximum Gasteiger partial charge on any atom is 0.0372 e. The second-order valence-corrected chi connectivity index (χ2v) is 7.15. The Balaban J connectivity index is 1.26. The van der Waals surface area contributed by atoms with Crippen molar-refractivity contribution in [2.75, 3.05) is 51.1 Å². The Morgan fingerprint density at radius 1 is 0.905 bits per heavy atom. The molecule has 0 spiro atoms. The summed E-state index contributed by atoms with van der Waals surface area (Å²) in [5.41, 5.74) is 2.85. The highest BCUT2D eigenvalue weighted by atomic mass is 15.3. The fourth-order valence-electron chi connectivity index (χ4n) is 3.82. The highest BCUT2D eigenvalue weighted by Crippen LogP contribution is 2.30. The number of piperazine rings is 1. The van der Waals surface area contributed by atoms with Crippen molar-refractivity contribution in [2.45, 2.75) is 19.3 Å². The summed E-state index contributed by atoms with van der Waals surface area (Å²) in [6.07, 6.45) is 4.20. The average Bonchev–Trinajstić information content (AvgIpc) is 3.33. The Morgan fingerprint density at radius 3 is 2.29 bits per heavy atom. The first-order valence-corrected chi connectivity index (χ1v) is 8.63. The molecule has 1 saturated heterocycles. The highest BCUT2D eigenvalue weighted by Gasteiger charge is 2.27. The maximum absolute atomic E-state index is 3.61. The zero-order valence-corrected chi connectivity index (χ0v) is 12.9. The predicted octanol–water partition coefficient (Wildman–Crippen LogP) is 2.30. The van der Waals surface area contributed by atoms with Gasteiger partial charge in [0.25, 0.3) is 0 Å². The van der Waals surface area contributed by atoms with Crippen molar-refractivity contribution in [1.82, 2.24) is 9.80 Å². The molecular weight excluding hydrogens is 258 g/mol. The van der Waals surface area contributed by atoms with Crippen LogP contribution in [0.25, 0.3) is 0 Å². The van der Waals surface area contributed by atoms with E-state index in [1.54, 1.807) is 0 Å². The standard InChI is InChI=1S/C18H27N3/c1-2-4-18-17(3-1)11-16(12-19-18)14-21-9-7-20(8-10-21)13-15-5-6-15/h1-4,15-16,19H,5-14H2. The molecule has 1 N–H and O–H groups in total. The van der Waals surface area contributed by atoms with Crippen LogP contribution < -0.4 is 5.32 Å². The van der Waals surface area contributed by atoms with Crippen molar-refractivity contribution in [3.63, 3.8) is 0 Å². The SMILES string of the molecule is c1ccc2c(c1)CC(CN1CCN(CC3CC3)CC1)CN2. The largest absolute Gasteiger partial charge is 0.384 e. The number of benzene rings is 1. The number of hydrogen-bond acceptors (Lipinski definition) is 3. The second-order valence-electron chi connectivity index (χ2n) is 7.15. The molecule has 1 unspecified atom stereocenters. The Labute approximate surface area is 128 Å². The minimum atomic E-state index is 0.773. The molecule has 1 atom stereocenters. The van der Waals surface area contributed by atoms with E-state index in [0.717, 1.165) is 18.4 Å². The molecule has 1 aromatic carbocycles. The third-order valence-corrected chi connectivity index (χ3v) is 5.30. The topological polar surface area (TPSA) is 18.5 Å². The van der Waals surface area contributed by atoms with Crippen LogP contribution in [0.15, 0.2) is 24.3 Å². The quantitative estimate of drug-likeness (QED) is 0.916. The third kappa shape index (κ3) is 3.41. The number of fused-ring (bicyclic) bond motifs is 1. The molecule has 0 bridgehead atoms. The van der Waals surface area contributed by atoms with Crippen LogP contribution >= 0.6 is 0 Å². The fourth-order valence-corrected chi connectivity index (χ4v) is 3.82. The van der Waals surface area contributed by atoms with Gasteiger partial charge in [-0.2, -0.15) is 0 Å². The molecule has 3 heteroatoms. The molecular formula is C18H27N3. The van der Waals surface area contributed by atoms with Gasteiger partial charge in [0.1, 0.15) is 0 Å². The monoisotopic (exact) mass is 285 g/mol. The van der Waals surface area contributed by atoms with Crippen molar-refractivity contribution in [3.05, 3.63) is 29.8 Å². The third-order valence-electron chi connectivity index (χ3n) is 5.30. The molecule has 4 rings (SSSR count). The minimum absolute atomic E-state index is 0.773. The van der Waals surface area contributed by atoms with Crippen molar-refractivity contribution in [3.8, 4) is 0 Å². The molecule has 3 aliphatic rings. The smallest absolute Gasteiger partial charge is 0.0372 e. The summed E-state index contributed by atoms with van der Waals surface area (Å²) in [6, 6.07) is 8.79. The van der Waals surface area contributed by atoms with Crippen molar-refractivity contribution < 1.29 is 0 Å². The van der Waals surface area contributed by atoms with Gasteiger partial charge >= 0.3 is 0 Å². The van der Waals surface area contributed by atoms with E-state index in [1.165, 1.54) is 69.8 Å². The first-order chi connectivity index (χ1) is 10.4. The zero-order chi connectivity index (χ0) is 14.1. The predicted molar refractivity (Wildman–Crippen MR) is 87.7 cm³/mol. The van der Waals surface area contributed by atoms with Crippen LogP contribution in [0.4, 0.5) is 5.69 Å². The lowest BCUT2D eigenvalue weighted by molar-refractivity contribution is 0.115. The van der Waals surface area contributed by atoms with Gasteiger partial charge in [0, 0.05) is 51.5 Å². The normalized spacial score (nSPS) is 27.1. The summed E-state index contributed by atoms with van der Waals surface area (Å²) in [4.78, 5) is 5.37. The van der Waals surface area contributed by atoms with E-state index >= 15 is 0 Å². The van der Waals surface area contributed by atoms with Gasteiger partial charge in [-0.25, -0.2) is 0 Å². The number of rotatable bonds is 4. The molecule has 1 aliphatic carbocycles. The molecule has 2 fully saturated rings. The van der Waals surface area contributed by atoms with Crippen molar-refractivity contribution >= 4 is 5.69 Å². The summed E-state index contributed by atoms with van der Waals surface area (Å²) in [5.74, 6) is 1.81. The Hall–Kier alpha value is -1.06. The molecule has 0 radical (unpaired) electrons. The molecule has 114 valence electrons. The van der Waals surface area contributed by atoms with E-state index in [-0.39, 0.29) is 0 Å². The lowest BCUT2D eigenvalue weighted by atomic mass is 9.93. The van der Waals surface area contributed by atoms with Gasteiger partial charge in [0.05, 0.1) is 0 Å². The van der Waals surface area contributed by atoms with Crippen LogP contribution in [0.3, 0.4) is 0 Å². The minimum Gasteiger partial charge on any atom is -0.384 e. The summed E-state index contributed by atoms with van der Waals surface area (Å²) in [5, 5.41) is 3.61. The van der Waals surface area contributed by atoms with Gasteiger partial charge in [-0.3, -0.25) is 0 Å². The highest BCUT2D eigenvalue weighted by molar-refractivity contribution is 5.53. The van der Waals surface area contributed by atoms with Crippen LogP contribution in [0, 0.1) is 11.8 Å². The van der Waals surface area contributed by atoms with E-state index in [2.05, 4.69) is 39.4 Å². The second kappa shape index (κ2) is 5.98. The van der Waals surface area contributed by atoms with E-state index in [4.69, 9.17) is 0 Å². The molecule has 2 aliphatic heterocycles. The van der Waals surface area contributed by atoms with E-state index in [0.29, 0.717) is 0 Å². The molecule has 3 nitrogen and oxygen atoms in total. The summed E-state index contributed by atoms with van der Waals surface area (Å²) < 4.78 is 0. The van der Waals surface area contributed by atoms with Crippen LogP contribution in [-0.4, -0.2) is 55.6 Å². The number of hydrogen-bond donors (Lipinski definition) is 1. The van der Waals surface area contributed by atoms with Crippen LogP contribution in [0.2, 0.25) is 0 Å². The molecule has 1 aromatic rings. The zero-order valence-electron chi connectivity index (χ0n) is 12.9. The first kappa shape index (κ1) is 13.6. The first-order valence-electron chi connectivity index (χ1n) is 8.63. The lowest BCUT2D eigenvalue weighted by Gasteiger charge is -2.37. The number of anilines is 1. The van der Waals surface area contributed by atoms with Crippen LogP contribution in [0.5, 0.6) is 0 Å². The summed E-state index contributed by atoms with van der Waals surface area (Å²) >= 11 is 0. The number of nitrogens with one attached hydrogen (secondary N) is 1. The molecule has 0 aromatic heterocycles. The van der Waals surface area contributed by atoms with E-state index in [9.17, 15) is 0 Å². The fraction of sp³-hybridized carbons (Fsp3) is 0.667. The maximum atomic E-state index is 3.61. The van der Waals surface area contributed by atoms with Gasteiger partial charge in [-0.05, 0) is 42.7 Å². The average molecular weight is 285 g/mol. The van der Waals surface area contributed by atoms with E-state index in [1.807, 2.05) is 0 Å². The number of para-hydroxylation sites is 1. The van der Waals surface area contributed by atoms with Gasteiger partial charge < -0.3 is 15.1 Å². The van der Waals surface area contributed by atoms with Gasteiger partial charge in [0.2, 0.25) is 0 Å². The van der Waals surface area contributed by atoms with Crippen LogP contribution in [0.1, 0.15) is 18.4 Å². The molecule has 0 amide bonds. The summed E-state index contributed by atoms with van der Waals surface area (Å²) in [6.45, 7) is 8.88. The Bertz CT molecular complexity index is 475. The molecule has 2 heterocycles. The van der Waals surface area contributed by atoms with Crippen molar-refractivity contribution in [2.24, 2.45) is 11.8 Å². The Kier molecular flexibility index (Phi) is 3.87. The van der Waals surface area contributed by atoms with Gasteiger partial charge in [-0.1, -0.05) is 18.2 Å². The Morgan fingerprint density at radius 2 is 1.57 bits per heavy atom. The van der Waals surface area contributed by atoms with Crippen molar-refractivity contribution in [1.29, 1.82) is 0 Å². The van der Waals surface area contributed by atoms with Gasteiger partial charge in [-0.15, -0.1) is 0 Å². The summed E-state index contributed by atoms with van der Waals surface area (Å²) in [7, 11) is 0. The van der Waals surface area contributed by atoms with E-state index < -0.39 is 0 Å².